The predicted molar refractivity (Wildman–Crippen MR) is 108 cm³/mol. The number of anilines is 1. The van der Waals surface area contributed by atoms with Gasteiger partial charge in [-0.15, -0.1) is 0 Å². The molecule has 25 heavy (non-hydrogen) atoms. The van der Waals surface area contributed by atoms with Crippen molar-refractivity contribution in [2.75, 3.05) is 5.32 Å². The van der Waals surface area contributed by atoms with Crippen LogP contribution in [0.1, 0.15) is 11.3 Å². The average Bonchev–Trinajstić information content (AvgIpc) is 2.65. The van der Waals surface area contributed by atoms with E-state index in [1.807, 2.05) is 60.8 Å². The standard InChI is InChI=1S/C19H17BrN4S/c20-16-6-8-17(9-7-16)23-19(25)24(13-15-4-3-10-21-12-15)14-18-5-1-2-11-22-18/h1-12H,13-14H2,(H,23,25). The molecule has 0 aliphatic carbocycles. The summed E-state index contributed by atoms with van der Waals surface area (Å²) in [5, 5.41) is 3.95. The van der Waals surface area contributed by atoms with E-state index in [0.717, 1.165) is 21.4 Å². The van der Waals surface area contributed by atoms with Crippen LogP contribution in [0.15, 0.2) is 77.7 Å². The van der Waals surface area contributed by atoms with E-state index in [1.54, 1.807) is 12.4 Å². The third kappa shape index (κ3) is 5.34. The summed E-state index contributed by atoms with van der Waals surface area (Å²) in [5.74, 6) is 0. The molecule has 0 unspecified atom stereocenters. The van der Waals surface area contributed by atoms with E-state index in [-0.39, 0.29) is 0 Å². The minimum absolute atomic E-state index is 0.623. The minimum Gasteiger partial charge on any atom is -0.339 e. The molecule has 0 atom stereocenters. The van der Waals surface area contributed by atoms with Crippen LogP contribution in [-0.4, -0.2) is 20.0 Å². The van der Waals surface area contributed by atoms with Gasteiger partial charge in [-0.25, -0.2) is 0 Å². The highest BCUT2D eigenvalue weighted by Crippen LogP contribution is 2.16. The number of aromatic nitrogens is 2. The molecule has 6 heteroatoms. The fourth-order valence-electron chi connectivity index (χ4n) is 2.33. The molecule has 1 aromatic carbocycles. The van der Waals surface area contributed by atoms with Crippen LogP contribution in [-0.2, 0) is 13.1 Å². The summed E-state index contributed by atoms with van der Waals surface area (Å²) in [6.45, 7) is 1.28. The van der Waals surface area contributed by atoms with Crippen LogP contribution in [0.5, 0.6) is 0 Å². The van der Waals surface area contributed by atoms with Gasteiger partial charge >= 0.3 is 0 Å². The van der Waals surface area contributed by atoms with Crippen molar-refractivity contribution in [3.63, 3.8) is 0 Å². The largest absolute Gasteiger partial charge is 0.339 e. The van der Waals surface area contributed by atoms with Crippen LogP contribution in [0.2, 0.25) is 0 Å². The van der Waals surface area contributed by atoms with E-state index in [1.165, 1.54) is 0 Å². The van der Waals surface area contributed by atoms with Crippen LogP contribution in [0.3, 0.4) is 0 Å². The van der Waals surface area contributed by atoms with Crippen LogP contribution in [0.4, 0.5) is 5.69 Å². The van der Waals surface area contributed by atoms with Gasteiger partial charge in [0.15, 0.2) is 5.11 Å². The molecular weight excluding hydrogens is 396 g/mol. The fourth-order valence-corrected chi connectivity index (χ4v) is 2.85. The van der Waals surface area contributed by atoms with Gasteiger partial charge in [0.2, 0.25) is 0 Å². The minimum atomic E-state index is 0.623. The number of hydrogen-bond donors (Lipinski definition) is 1. The molecule has 0 spiro atoms. The summed E-state index contributed by atoms with van der Waals surface area (Å²) in [7, 11) is 0. The topological polar surface area (TPSA) is 41.0 Å². The Hall–Kier alpha value is -2.31. The Morgan fingerprint density at radius 3 is 2.52 bits per heavy atom. The Bertz CT molecular complexity index is 768. The summed E-state index contributed by atoms with van der Waals surface area (Å²) in [6, 6.07) is 17.8. The van der Waals surface area contributed by atoms with Gasteiger partial charge in [0.25, 0.3) is 0 Å². The molecule has 3 aromatic rings. The first-order chi connectivity index (χ1) is 12.2. The summed E-state index contributed by atoms with van der Waals surface area (Å²) in [5.41, 5.74) is 3.01. The molecule has 0 fully saturated rings. The number of benzene rings is 1. The molecule has 126 valence electrons. The predicted octanol–water partition coefficient (Wildman–Crippen LogP) is 4.64. The molecule has 0 saturated carbocycles. The molecule has 0 saturated heterocycles. The second-order valence-electron chi connectivity index (χ2n) is 5.48. The van der Waals surface area contributed by atoms with E-state index in [4.69, 9.17) is 12.2 Å². The lowest BCUT2D eigenvalue weighted by atomic mass is 10.2. The Kier molecular flexibility index (Phi) is 6.09. The van der Waals surface area contributed by atoms with Crippen LogP contribution >= 0.6 is 28.1 Å². The first-order valence-electron chi connectivity index (χ1n) is 7.81. The second-order valence-corrected chi connectivity index (χ2v) is 6.78. The van der Waals surface area contributed by atoms with Crippen molar-refractivity contribution in [1.82, 2.24) is 14.9 Å². The van der Waals surface area contributed by atoms with Gasteiger partial charge in [0, 0.05) is 35.3 Å². The first kappa shape index (κ1) is 17.5. The zero-order valence-corrected chi connectivity index (χ0v) is 15.9. The molecule has 2 aromatic heterocycles. The Morgan fingerprint density at radius 1 is 1.00 bits per heavy atom. The van der Waals surface area contributed by atoms with Crippen molar-refractivity contribution >= 4 is 38.9 Å². The lowest BCUT2D eigenvalue weighted by Gasteiger charge is -2.25. The molecule has 0 amide bonds. The maximum Gasteiger partial charge on any atom is 0.174 e. The zero-order valence-electron chi connectivity index (χ0n) is 13.5. The van der Waals surface area contributed by atoms with Crippen LogP contribution < -0.4 is 5.32 Å². The smallest absolute Gasteiger partial charge is 0.174 e. The SMILES string of the molecule is S=C(Nc1ccc(Br)cc1)N(Cc1cccnc1)Cc1ccccn1. The molecule has 3 rings (SSSR count). The lowest BCUT2D eigenvalue weighted by molar-refractivity contribution is 0.407. The van der Waals surface area contributed by atoms with Crippen molar-refractivity contribution in [2.24, 2.45) is 0 Å². The number of halogens is 1. The highest BCUT2D eigenvalue weighted by Gasteiger charge is 2.12. The van der Waals surface area contributed by atoms with E-state index in [9.17, 15) is 0 Å². The second kappa shape index (κ2) is 8.69. The van der Waals surface area contributed by atoms with Crippen molar-refractivity contribution in [1.29, 1.82) is 0 Å². The fraction of sp³-hybridized carbons (Fsp3) is 0.105. The van der Waals surface area contributed by atoms with Gasteiger partial charge in [-0.05, 0) is 60.2 Å². The number of nitrogens with zero attached hydrogens (tertiary/aromatic N) is 3. The molecule has 0 aliphatic rings. The van der Waals surface area contributed by atoms with E-state index >= 15 is 0 Å². The third-order valence-corrected chi connectivity index (χ3v) is 4.45. The molecule has 0 aliphatic heterocycles. The maximum atomic E-state index is 5.64. The monoisotopic (exact) mass is 412 g/mol. The molecule has 2 heterocycles. The average molecular weight is 413 g/mol. The zero-order chi connectivity index (χ0) is 17.5. The first-order valence-corrected chi connectivity index (χ1v) is 9.01. The molecule has 4 nitrogen and oxygen atoms in total. The van der Waals surface area contributed by atoms with Gasteiger partial charge < -0.3 is 10.2 Å². The van der Waals surface area contributed by atoms with Gasteiger partial charge in [0.1, 0.15) is 0 Å². The summed E-state index contributed by atoms with van der Waals surface area (Å²) in [4.78, 5) is 10.7. The van der Waals surface area contributed by atoms with E-state index < -0.39 is 0 Å². The van der Waals surface area contributed by atoms with Gasteiger partial charge in [0.05, 0.1) is 12.2 Å². The van der Waals surface area contributed by atoms with Crippen LogP contribution in [0, 0.1) is 0 Å². The van der Waals surface area contributed by atoms with Crippen molar-refractivity contribution in [3.05, 3.63) is 88.9 Å². The Labute approximate surface area is 161 Å². The van der Waals surface area contributed by atoms with E-state index in [0.29, 0.717) is 18.2 Å². The maximum absolute atomic E-state index is 5.64. The molecular formula is C19H17BrN4S. The summed E-state index contributed by atoms with van der Waals surface area (Å²) >= 11 is 9.09. The van der Waals surface area contributed by atoms with Crippen molar-refractivity contribution in [3.8, 4) is 0 Å². The molecule has 1 N–H and O–H groups in total. The number of pyridine rings is 2. The van der Waals surface area contributed by atoms with Crippen molar-refractivity contribution < 1.29 is 0 Å². The van der Waals surface area contributed by atoms with Crippen LogP contribution in [0.25, 0.3) is 0 Å². The Balaban J connectivity index is 1.76. The number of thiocarbonyl (C=S) groups is 1. The van der Waals surface area contributed by atoms with E-state index in [2.05, 4.69) is 36.1 Å². The highest BCUT2D eigenvalue weighted by molar-refractivity contribution is 9.10. The summed E-state index contributed by atoms with van der Waals surface area (Å²) < 4.78 is 1.03. The van der Waals surface area contributed by atoms with Gasteiger partial charge in [-0.3, -0.25) is 9.97 Å². The molecule has 0 radical (unpaired) electrons. The summed E-state index contributed by atoms with van der Waals surface area (Å²) in [6.07, 6.45) is 5.42. The number of hydrogen-bond acceptors (Lipinski definition) is 3. The third-order valence-electron chi connectivity index (χ3n) is 3.56. The van der Waals surface area contributed by atoms with Gasteiger partial charge in [-0.1, -0.05) is 28.1 Å². The number of nitrogens with one attached hydrogen (secondary N) is 1. The molecule has 0 bridgehead atoms. The van der Waals surface area contributed by atoms with Crippen molar-refractivity contribution in [2.45, 2.75) is 13.1 Å². The Morgan fingerprint density at radius 2 is 1.84 bits per heavy atom. The normalized spacial score (nSPS) is 10.3. The number of rotatable bonds is 5. The quantitative estimate of drug-likeness (QED) is 0.618. The van der Waals surface area contributed by atoms with Gasteiger partial charge in [-0.2, -0.15) is 0 Å². The lowest BCUT2D eigenvalue weighted by Crippen LogP contribution is -2.34. The highest BCUT2D eigenvalue weighted by atomic mass is 79.9.